The maximum absolute atomic E-state index is 13.4. The van der Waals surface area contributed by atoms with Gasteiger partial charge in [0.15, 0.2) is 0 Å². The first-order valence-corrected chi connectivity index (χ1v) is 15.1. The van der Waals surface area contributed by atoms with E-state index in [-0.39, 0.29) is 29.8 Å². The van der Waals surface area contributed by atoms with Crippen LogP contribution < -0.4 is 5.32 Å². The zero-order valence-corrected chi connectivity index (χ0v) is 26.2. The predicted molar refractivity (Wildman–Crippen MR) is 171 cm³/mol. The molecule has 1 atom stereocenters. The van der Waals surface area contributed by atoms with Gasteiger partial charge in [0.2, 0.25) is 5.91 Å². The van der Waals surface area contributed by atoms with E-state index in [1.807, 2.05) is 65.6 Å². The molecular weight excluding hydrogens is 593 g/mol. The van der Waals surface area contributed by atoms with Crippen molar-refractivity contribution in [1.82, 2.24) is 15.1 Å². The molecule has 3 aromatic rings. The molecule has 0 aliphatic carbocycles. The van der Waals surface area contributed by atoms with Crippen LogP contribution in [0.25, 0.3) is 0 Å². The standard InChI is InChI=1S/C33H37Cl2N3O3.ClH/c1-25(39)36-32(27-11-6-3-7-12-27)16-19-37(20-17-32)21-22-41-33(28-13-14-29(34)30(35)23-28)15-8-18-38(24-33)31(40)26-9-4-2-5-10-26;/h2-7,9-14,23H,8,15-22,24H2,1H3,(H,36,39);1H. The number of nitrogens with one attached hydrogen (secondary N) is 1. The Labute approximate surface area is 264 Å². The van der Waals surface area contributed by atoms with Crippen LogP contribution in [0.2, 0.25) is 10.0 Å². The number of carbonyl (C=O) groups excluding carboxylic acids is 2. The molecule has 0 aromatic heterocycles. The van der Waals surface area contributed by atoms with Crippen LogP contribution in [-0.4, -0.2) is 60.9 Å². The molecule has 0 spiro atoms. The Morgan fingerprint density at radius 1 is 0.857 bits per heavy atom. The van der Waals surface area contributed by atoms with Gasteiger partial charge in [-0.15, -0.1) is 12.4 Å². The van der Waals surface area contributed by atoms with Crippen LogP contribution in [-0.2, 0) is 20.7 Å². The molecule has 0 radical (unpaired) electrons. The second-order valence-corrected chi connectivity index (χ2v) is 12.0. The van der Waals surface area contributed by atoms with Crippen LogP contribution in [0.1, 0.15) is 54.1 Å². The molecule has 2 heterocycles. The molecule has 2 aliphatic heterocycles. The largest absolute Gasteiger partial charge is 0.367 e. The molecule has 3 aromatic carbocycles. The van der Waals surface area contributed by atoms with E-state index in [1.165, 1.54) is 0 Å². The Morgan fingerprint density at radius 3 is 2.17 bits per heavy atom. The molecule has 2 saturated heterocycles. The van der Waals surface area contributed by atoms with Gasteiger partial charge in [0.05, 0.1) is 28.7 Å². The van der Waals surface area contributed by atoms with Gasteiger partial charge >= 0.3 is 0 Å². The van der Waals surface area contributed by atoms with Gasteiger partial charge in [0, 0.05) is 38.7 Å². The average molecular weight is 631 g/mol. The van der Waals surface area contributed by atoms with Crippen molar-refractivity contribution in [3.63, 3.8) is 0 Å². The molecule has 0 saturated carbocycles. The lowest BCUT2D eigenvalue weighted by molar-refractivity contribution is -0.122. The van der Waals surface area contributed by atoms with Crippen molar-refractivity contribution >= 4 is 47.4 Å². The molecule has 2 amide bonds. The second kappa shape index (κ2) is 14.2. The molecule has 9 heteroatoms. The van der Waals surface area contributed by atoms with Gasteiger partial charge in [-0.3, -0.25) is 9.59 Å². The summed E-state index contributed by atoms with van der Waals surface area (Å²) in [6, 6.07) is 25.3. The summed E-state index contributed by atoms with van der Waals surface area (Å²) in [5, 5.41) is 4.22. The van der Waals surface area contributed by atoms with Gasteiger partial charge in [-0.1, -0.05) is 77.8 Å². The molecular formula is C33H38Cl3N3O3. The van der Waals surface area contributed by atoms with Crippen LogP contribution >= 0.6 is 35.6 Å². The van der Waals surface area contributed by atoms with Gasteiger partial charge in [0.1, 0.15) is 5.60 Å². The molecule has 224 valence electrons. The monoisotopic (exact) mass is 629 g/mol. The molecule has 6 nitrogen and oxygen atoms in total. The predicted octanol–water partition coefficient (Wildman–Crippen LogP) is 6.69. The number of hydrogen-bond acceptors (Lipinski definition) is 4. The van der Waals surface area contributed by atoms with E-state index in [2.05, 4.69) is 22.3 Å². The van der Waals surface area contributed by atoms with Gasteiger partial charge < -0.3 is 19.9 Å². The topological polar surface area (TPSA) is 61.9 Å². The van der Waals surface area contributed by atoms with Crippen molar-refractivity contribution in [3.05, 3.63) is 106 Å². The quantitative estimate of drug-likeness (QED) is 0.301. The van der Waals surface area contributed by atoms with E-state index >= 15 is 0 Å². The number of benzene rings is 3. The number of ether oxygens (including phenoxy) is 1. The van der Waals surface area contributed by atoms with Crippen molar-refractivity contribution in [2.24, 2.45) is 0 Å². The number of carbonyl (C=O) groups is 2. The summed E-state index contributed by atoms with van der Waals surface area (Å²) >= 11 is 12.7. The van der Waals surface area contributed by atoms with Crippen molar-refractivity contribution in [2.75, 3.05) is 39.3 Å². The summed E-state index contributed by atoms with van der Waals surface area (Å²) in [6.07, 6.45) is 3.25. The maximum Gasteiger partial charge on any atom is 0.253 e. The summed E-state index contributed by atoms with van der Waals surface area (Å²) in [7, 11) is 0. The smallest absolute Gasteiger partial charge is 0.253 e. The Balaban J connectivity index is 0.00000405. The highest BCUT2D eigenvalue weighted by Crippen LogP contribution is 2.39. The molecule has 2 fully saturated rings. The maximum atomic E-state index is 13.4. The number of piperidine rings is 2. The van der Waals surface area contributed by atoms with E-state index < -0.39 is 5.60 Å². The minimum Gasteiger partial charge on any atom is -0.367 e. The number of hydrogen-bond donors (Lipinski definition) is 1. The highest BCUT2D eigenvalue weighted by Gasteiger charge is 2.41. The van der Waals surface area contributed by atoms with Crippen molar-refractivity contribution in [1.29, 1.82) is 0 Å². The molecule has 5 rings (SSSR count). The Kier molecular flexibility index (Phi) is 11.0. The highest BCUT2D eigenvalue weighted by atomic mass is 35.5. The number of rotatable bonds is 8. The number of amides is 2. The van der Waals surface area contributed by atoms with E-state index in [4.69, 9.17) is 27.9 Å². The number of likely N-dealkylation sites (tertiary alicyclic amines) is 2. The first-order chi connectivity index (χ1) is 19.8. The lowest BCUT2D eigenvalue weighted by Crippen LogP contribution is -2.53. The van der Waals surface area contributed by atoms with Crippen LogP contribution in [0.15, 0.2) is 78.9 Å². The first kappa shape index (κ1) is 32.3. The molecule has 0 bridgehead atoms. The summed E-state index contributed by atoms with van der Waals surface area (Å²) in [5.41, 5.74) is 1.72. The van der Waals surface area contributed by atoms with Crippen LogP contribution in [0.3, 0.4) is 0 Å². The van der Waals surface area contributed by atoms with Gasteiger partial charge in [-0.2, -0.15) is 0 Å². The normalized spacial score (nSPS) is 20.4. The number of nitrogens with zero attached hydrogens (tertiary/aromatic N) is 2. The van der Waals surface area contributed by atoms with Gasteiger partial charge in [0.25, 0.3) is 5.91 Å². The summed E-state index contributed by atoms with van der Waals surface area (Å²) in [6.45, 7) is 5.65. The summed E-state index contributed by atoms with van der Waals surface area (Å²) in [4.78, 5) is 29.8. The van der Waals surface area contributed by atoms with Gasteiger partial charge in [-0.05, 0) is 61.1 Å². The Bertz CT molecular complexity index is 1350. The Hall–Kier alpha value is -2.61. The van der Waals surface area contributed by atoms with Gasteiger partial charge in [-0.25, -0.2) is 0 Å². The fraction of sp³-hybridized carbons (Fsp3) is 0.394. The Morgan fingerprint density at radius 2 is 1.52 bits per heavy atom. The summed E-state index contributed by atoms with van der Waals surface area (Å²) in [5.74, 6) is -0.00862. The van der Waals surface area contributed by atoms with Crippen LogP contribution in [0, 0.1) is 0 Å². The fourth-order valence-electron chi connectivity index (χ4n) is 6.28. The molecule has 2 aliphatic rings. The highest BCUT2D eigenvalue weighted by molar-refractivity contribution is 6.42. The SMILES string of the molecule is CC(=O)NC1(c2ccccc2)CCN(CCOC2(c3ccc(Cl)c(Cl)c3)CCCN(C(=O)c3ccccc3)C2)CC1.Cl. The minimum atomic E-state index is -0.684. The lowest BCUT2D eigenvalue weighted by atomic mass is 9.80. The zero-order chi connectivity index (χ0) is 28.9. The molecule has 1 unspecified atom stereocenters. The average Bonchev–Trinajstić information content (AvgIpc) is 3.00. The zero-order valence-electron chi connectivity index (χ0n) is 23.9. The number of halogens is 3. The minimum absolute atomic E-state index is 0. The van der Waals surface area contributed by atoms with E-state index in [0.29, 0.717) is 35.3 Å². The van der Waals surface area contributed by atoms with E-state index in [0.717, 1.165) is 56.4 Å². The second-order valence-electron chi connectivity index (χ2n) is 11.1. The van der Waals surface area contributed by atoms with Crippen LogP contribution in [0.4, 0.5) is 0 Å². The third-order valence-corrected chi connectivity index (χ3v) is 9.18. The fourth-order valence-corrected chi connectivity index (χ4v) is 6.58. The third kappa shape index (κ3) is 7.29. The van der Waals surface area contributed by atoms with E-state index in [1.54, 1.807) is 13.0 Å². The summed E-state index contributed by atoms with van der Waals surface area (Å²) < 4.78 is 6.76. The van der Waals surface area contributed by atoms with Crippen molar-refractivity contribution in [2.45, 2.75) is 43.7 Å². The van der Waals surface area contributed by atoms with E-state index in [9.17, 15) is 9.59 Å². The lowest BCUT2D eigenvalue weighted by Gasteiger charge is -2.45. The first-order valence-electron chi connectivity index (χ1n) is 14.3. The van der Waals surface area contributed by atoms with Crippen molar-refractivity contribution < 1.29 is 14.3 Å². The molecule has 1 N–H and O–H groups in total. The van der Waals surface area contributed by atoms with Crippen molar-refractivity contribution in [3.8, 4) is 0 Å². The molecule has 42 heavy (non-hydrogen) atoms. The third-order valence-electron chi connectivity index (χ3n) is 8.45. The van der Waals surface area contributed by atoms with Crippen LogP contribution in [0.5, 0.6) is 0 Å².